The van der Waals surface area contributed by atoms with Crippen molar-refractivity contribution in [3.63, 3.8) is 0 Å². The van der Waals surface area contributed by atoms with E-state index in [4.69, 9.17) is 11.5 Å². The Morgan fingerprint density at radius 2 is 1.25 bits per heavy atom. The van der Waals surface area contributed by atoms with Crippen molar-refractivity contribution >= 4 is 11.4 Å². The Morgan fingerprint density at radius 3 is 1.88 bits per heavy atom. The average molecular weight is 316 g/mol. The molecule has 0 aliphatic heterocycles. The molecule has 0 radical (unpaired) electrons. The minimum Gasteiger partial charge on any atom is -0.399 e. The normalized spacial score (nSPS) is 11.4. The minimum atomic E-state index is -0.0647. The van der Waals surface area contributed by atoms with Crippen molar-refractivity contribution in [2.75, 3.05) is 11.5 Å². The van der Waals surface area contributed by atoms with Gasteiger partial charge in [-0.3, -0.25) is 0 Å². The molecule has 2 heteroatoms. The maximum atomic E-state index is 5.82. The Balaban J connectivity index is 1.89. The topological polar surface area (TPSA) is 52.0 Å². The van der Waals surface area contributed by atoms with Crippen LogP contribution in [0.2, 0.25) is 0 Å². The van der Waals surface area contributed by atoms with Gasteiger partial charge in [0.05, 0.1) is 0 Å². The van der Waals surface area contributed by atoms with Crippen LogP contribution >= 0.6 is 0 Å². The Hall–Kier alpha value is -2.74. The monoisotopic (exact) mass is 316 g/mol. The smallest absolute Gasteiger partial charge is 0.0314 e. The number of hydrogen-bond donors (Lipinski definition) is 2. The van der Waals surface area contributed by atoms with E-state index in [1.807, 2.05) is 24.3 Å². The zero-order valence-corrected chi connectivity index (χ0v) is 14.3. The Bertz CT molecular complexity index is 815. The predicted octanol–water partition coefficient (Wildman–Crippen LogP) is 4.77. The third-order valence-electron chi connectivity index (χ3n) is 4.67. The fourth-order valence-corrected chi connectivity index (χ4v) is 3.01. The molecule has 0 fully saturated rings. The first-order chi connectivity index (χ1) is 11.4. The van der Waals surface area contributed by atoms with E-state index < -0.39 is 0 Å². The molecule has 0 saturated heterocycles. The molecule has 0 aliphatic rings. The summed E-state index contributed by atoms with van der Waals surface area (Å²) in [5.41, 5.74) is 18.3. The van der Waals surface area contributed by atoms with E-state index in [2.05, 4.69) is 62.4 Å². The van der Waals surface area contributed by atoms with Gasteiger partial charge in [0.15, 0.2) is 0 Å². The summed E-state index contributed by atoms with van der Waals surface area (Å²) in [5.74, 6) is 0. The third-order valence-corrected chi connectivity index (χ3v) is 4.67. The summed E-state index contributed by atoms with van der Waals surface area (Å²) < 4.78 is 0. The van der Waals surface area contributed by atoms with E-state index in [0.29, 0.717) is 0 Å². The highest BCUT2D eigenvalue weighted by atomic mass is 14.5. The summed E-state index contributed by atoms with van der Waals surface area (Å²) in [7, 11) is 0. The lowest BCUT2D eigenvalue weighted by Gasteiger charge is -2.27. The van der Waals surface area contributed by atoms with Crippen molar-refractivity contribution in [1.82, 2.24) is 0 Å². The van der Waals surface area contributed by atoms with E-state index in [1.54, 1.807) is 0 Å². The molecule has 0 bridgehead atoms. The average Bonchev–Trinajstić information content (AvgIpc) is 2.58. The highest BCUT2D eigenvalue weighted by Gasteiger charge is 2.23. The third kappa shape index (κ3) is 3.43. The zero-order chi connectivity index (χ0) is 17.2. The van der Waals surface area contributed by atoms with Gasteiger partial charge in [0.25, 0.3) is 0 Å². The van der Waals surface area contributed by atoms with Gasteiger partial charge in [0.1, 0.15) is 0 Å². The number of nitrogen functional groups attached to an aromatic ring is 2. The molecule has 0 saturated carbocycles. The van der Waals surface area contributed by atoms with E-state index in [-0.39, 0.29) is 5.41 Å². The fraction of sp³-hybridized carbons (Fsp3) is 0.182. The number of rotatable bonds is 4. The molecule has 24 heavy (non-hydrogen) atoms. The summed E-state index contributed by atoms with van der Waals surface area (Å²) in [5, 5.41) is 0. The first-order valence-corrected chi connectivity index (χ1v) is 8.25. The van der Waals surface area contributed by atoms with Crippen molar-refractivity contribution in [1.29, 1.82) is 0 Å². The lowest BCUT2D eigenvalue weighted by atomic mass is 9.77. The van der Waals surface area contributed by atoms with Gasteiger partial charge < -0.3 is 11.5 Å². The van der Waals surface area contributed by atoms with Crippen molar-refractivity contribution in [2.45, 2.75) is 25.7 Å². The lowest BCUT2D eigenvalue weighted by molar-refractivity contribution is 0.640. The Labute approximate surface area is 144 Å². The number of benzene rings is 3. The van der Waals surface area contributed by atoms with Gasteiger partial charge in [-0.15, -0.1) is 0 Å². The first-order valence-electron chi connectivity index (χ1n) is 8.25. The molecule has 0 unspecified atom stereocenters. The molecule has 3 aromatic rings. The van der Waals surface area contributed by atoms with E-state index in [1.165, 1.54) is 22.3 Å². The second-order valence-electron chi connectivity index (χ2n) is 6.87. The fourth-order valence-electron chi connectivity index (χ4n) is 3.01. The highest BCUT2D eigenvalue weighted by Crippen LogP contribution is 2.32. The number of hydrogen-bond acceptors (Lipinski definition) is 2. The van der Waals surface area contributed by atoms with Crippen LogP contribution in [0.15, 0.2) is 72.8 Å². The molecule has 0 spiro atoms. The van der Waals surface area contributed by atoms with E-state index in [0.717, 1.165) is 17.8 Å². The molecule has 0 aliphatic carbocycles. The molecule has 4 N–H and O–H groups in total. The van der Waals surface area contributed by atoms with Gasteiger partial charge in [0, 0.05) is 16.8 Å². The van der Waals surface area contributed by atoms with Gasteiger partial charge in [-0.1, -0.05) is 62.4 Å². The second kappa shape index (κ2) is 6.40. The SMILES string of the molecule is CC(C)(c1ccc(N)cc1)c1cccc(Cc2ccc(N)cc2)c1. The molecular formula is C22H24N2. The van der Waals surface area contributed by atoms with Crippen LogP contribution < -0.4 is 11.5 Å². The van der Waals surface area contributed by atoms with Crippen molar-refractivity contribution in [2.24, 2.45) is 0 Å². The molecule has 0 heterocycles. The zero-order valence-electron chi connectivity index (χ0n) is 14.3. The number of nitrogens with two attached hydrogens (primary N) is 2. The van der Waals surface area contributed by atoms with Crippen LogP contribution in [0.25, 0.3) is 0 Å². The van der Waals surface area contributed by atoms with Gasteiger partial charge in [-0.2, -0.15) is 0 Å². The molecule has 3 rings (SSSR count). The van der Waals surface area contributed by atoms with Crippen LogP contribution in [0.5, 0.6) is 0 Å². The van der Waals surface area contributed by atoms with E-state index >= 15 is 0 Å². The van der Waals surface area contributed by atoms with Crippen molar-refractivity contribution < 1.29 is 0 Å². The molecule has 0 aromatic heterocycles. The van der Waals surface area contributed by atoms with Crippen LogP contribution in [0.4, 0.5) is 11.4 Å². The Kier molecular flexibility index (Phi) is 4.30. The predicted molar refractivity (Wildman–Crippen MR) is 103 cm³/mol. The molecule has 0 amide bonds. The Morgan fingerprint density at radius 1 is 0.667 bits per heavy atom. The first kappa shape index (κ1) is 16.1. The largest absolute Gasteiger partial charge is 0.399 e. The van der Waals surface area contributed by atoms with Gasteiger partial charge in [-0.25, -0.2) is 0 Å². The molecular weight excluding hydrogens is 292 g/mol. The summed E-state index contributed by atoms with van der Waals surface area (Å²) in [4.78, 5) is 0. The summed E-state index contributed by atoms with van der Waals surface area (Å²) in [6.45, 7) is 4.50. The summed E-state index contributed by atoms with van der Waals surface area (Å²) in [6.07, 6.45) is 0.909. The minimum absolute atomic E-state index is 0.0647. The molecule has 0 atom stereocenters. The molecule has 122 valence electrons. The number of anilines is 2. The van der Waals surface area contributed by atoms with Gasteiger partial charge in [-0.05, 0) is 52.9 Å². The van der Waals surface area contributed by atoms with Gasteiger partial charge in [0.2, 0.25) is 0 Å². The summed E-state index contributed by atoms with van der Waals surface area (Å²) in [6, 6.07) is 25.1. The van der Waals surface area contributed by atoms with Crippen LogP contribution in [-0.4, -0.2) is 0 Å². The molecule has 3 aromatic carbocycles. The second-order valence-corrected chi connectivity index (χ2v) is 6.87. The quantitative estimate of drug-likeness (QED) is 0.681. The maximum absolute atomic E-state index is 5.82. The van der Waals surface area contributed by atoms with Crippen LogP contribution in [0.1, 0.15) is 36.1 Å². The van der Waals surface area contributed by atoms with Crippen molar-refractivity contribution in [3.05, 3.63) is 95.1 Å². The van der Waals surface area contributed by atoms with Crippen LogP contribution in [0.3, 0.4) is 0 Å². The lowest BCUT2D eigenvalue weighted by Crippen LogP contribution is -2.19. The van der Waals surface area contributed by atoms with E-state index in [9.17, 15) is 0 Å². The van der Waals surface area contributed by atoms with Gasteiger partial charge >= 0.3 is 0 Å². The van der Waals surface area contributed by atoms with Crippen LogP contribution in [-0.2, 0) is 11.8 Å². The van der Waals surface area contributed by atoms with Crippen molar-refractivity contribution in [3.8, 4) is 0 Å². The highest BCUT2D eigenvalue weighted by molar-refractivity contribution is 5.46. The standard InChI is InChI=1S/C22H24N2/c1-22(2,18-8-12-21(24)13-9-18)19-5-3-4-17(15-19)14-16-6-10-20(23)11-7-16/h3-13,15H,14,23-24H2,1-2H3. The molecule has 2 nitrogen and oxygen atoms in total. The maximum Gasteiger partial charge on any atom is 0.0314 e. The van der Waals surface area contributed by atoms with Crippen LogP contribution in [0, 0.1) is 0 Å². The summed E-state index contributed by atoms with van der Waals surface area (Å²) >= 11 is 0.